The first kappa shape index (κ1) is 37.2. The summed E-state index contributed by atoms with van der Waals surface area (Å²) in [4.78, 5) is 2.25. The average molecular weight is 519 g/mol. The van der Waals surface area contributed by atoms with E-state index < -0.39 is 0 Å². The van der Waals surface area contributed by atoms with Crippen molar-refractivity contribution in [2.75, 3.05) is 44.7 Å². The van der Waals surface area contributed by atoms with Crippen molar-refractivity contribution in [1.29, 1.82) is 0 Å². The van der Waals surface area contributed by atoms with Crippen molar-refractivity contribution in [3.63, 3.8) is 0 Å². The lowest BCUT2D eigenvalue weighted by Gasteiger charge is -2.28. The van der Waals surface area contributed by atoms with E-state index in [4.69, 9.17) is 27.9 Å². The second-order valence-corrected chi connectivity index (χ2v) is 7.62. The van der Waals surface area contributed by atoms with E-state index in [1.165, 1.54) is 24.1 Å². The Morgan fingerprint density at radius 2 is 1.65 bits per heavy atom. The molecule has 34 heavy (non-hydrogen) atoms. The van der Waals surface area contributed by atoms with Gasteiger partial charge in [-0.15, -0.1) is 11.6 Å². The third-order valence-electron chi connectivity index (χ3n) is 4.73. The van der Waals surface area contributed by atoms with E-state index in [1.807, 2.05) is 53.0 Å². The highest BCUT2D eigenvalue weighted by molar-refractivity contribution is 6.31. The van der Waals surface area contributed by atoms with Crippen LogP contribution in [0.15, 0.2) is 35.6 Å². The largest absolute Gasteiger partial charge is 0.495 e. The van der Waals surface area contributed by atoms with E-state index >= 15 is 0 Å². The summed E-state index contributed by atoms with van der Waals surface area (Å²) in [6.45, 7) is 21.0. The van der Waals surface area contributed by atoms with Crippen molar-refractivity contribution in [3.8, 4) is 5.75 Å². The predicted octanol–water partition coefficient (Wildman–Crippen LogP) is 8.57. The van der Waals surface area contributed by atoms with Crippen LogP contribution in [-0.4, -0.2) is 39.8 Å². The number of allylic oxidation sites excluding steroid dienone is 3. The minimum atomic E-state index is 0.521. The molecule has 1 rings (SSSR count). The van der Waals surface area contributed by atoms with E-state index in [-0.39, 0.29) is 0 Å². The molecule has 4 nitrogen and oxygen atoms in total. The summed E-state index contributed by atoms with van der Waals surface area (Å²) in [7, 11) is 3.62. The van der Waals surface area contributed by atoms with Gasteiger partial charge in [0.15, 0.2) is 0 Å². The lowest BCUT2D eigenvalue weighted by atomic mass is 10.1. The molecule has 0 atom stereocenters. The van der Waals surface area contributed by atoms with Gasteiger partial charge in [0, 0.05) is 42.8 Å². The minimum absolute atomic E-state index is 0.521. The van der Waals surface area contributed by atoms with Gasteiger partial charge in [0.05, 0.1) is 19.5 Å². The highest BCUT2D eigenvalue weighted by Crippen LogP contribution is 2.34. The zero-order chi connectivity index (χ0) is 26.9. The molecular formula is C28H53Cl2N3O. The first-order valence-corrected chi connectivity index (χ1v) is 13.8. The highest BCUT2D eigenvalue weighted by Gasteiger charge is 2.15. The quantitative estimate of drug-likeness (QED) is 0.165. The number of anilines is 1. The number of nitrogens with one attached hydrogen (secondary N) is 2. The van der Waals surface area contributed by atoms with Gasteiger partial charge in [-0.1, -0.05) is 85.1 Å². The summed E-state index contributed by atoms with van der Waals surface area (Å²) < 4.78 is 5.54. The van der Waals surface area contributed by atoms with E-state index in [0.717, 1.165) is 36.5 Å². The highest BCUT2D eigenvalue weighted by atomic mass is 35.5. The molecule has 1 aromatic rings. The molecule has 0 saturated heterocycles. The molecule has 0 spiro atoms. The maximum Gasteiger partial charge on any atom is 0.143 e. The van der Waals surface area contributed by atoms with E-state index in [1.54, 1.807) is 7.11 Å². The van der Waals surface area contributed by atoms with Crippen molar-refractivity contribution in [1.82, 2.24) is 10.6 Å². The molecule has 0 saturated carbocycles. The average Bonchev–Trinajstić information content (AvgIpc) is 2.88. The van der Waals surface area contributed by atoms with Gasteiger partial charge in [-0.25, -0.2) is 0 Å². The molecule has 0 heterocycles. The maximum atomic E-state index is 6.16. The smallest absolute Gasteiger partial charge is 0.143 e. The molecule has 2 N–H and O–H groups in total. The molecule has 0 radical (unpaired) electrons. The number of rotatable bonds is 12. The molecule has 0 aliphatic rings. The fourth-order valence-electron chi connectivity index (χ4n) is 2.91. The summed E-state index contributed by atoms with van der Waals surface area (Å²) in [5.41, 5.74) is 4.59. The van der Waals surface area contributed by atoms with Crippen LogP contribution in [0.25, 0.3) is 0 Å². The Bertz CT molecular complexity index is 659. The molecule has 0 unspecified atom stereocenters. The van der Waals surface area contributed by atoms with Crippen LogP contribution in [0, 0.1) is 6.92 Å². The second-order valence-electron chi connectivity index (χ2n) is 6.88. The number of aryl methyl sites for hydroxylation is 1. The number of likely N-dealkylation sites (N-methyl/N-ethyl adjacent to an activating group) is 1. The van der Waals surface area contributed by atoms with Crippen LogP contribution in [-0.2, 0) is 0 Å². The first-order valence-electron chi connectivity index (χ1n) is 12.9. The molecule has 6 heteroatoms. The molecule has 0 aromatic heterocycles. The van der Waals surface area contributed by atoms with Crippen molar-refractivity contribution < 1.29 is 4.74 Å². The zero-order valence-corrected chi connectivity index (χ0v) is 25.4. The molecular weight excluding hydrogens is 465 g/mol. The number of hydrogen-bond donors (Lipinski definition) is 2. The van der Waals surface area contributed by atoms with Gasteiger partial charge in [0.1, 0.15) is 5.75 Å². The molecule has 0 bridgehead atoms. The Kier molecular flexibility index (Phi) is 28.7. The Hall–Kier alpha value is -1.36. The molecule has 0 fully saturated rings. The van der Waals surface area contributed by atoms with Crippen molar-refractivity contribution in [2.24, 2.45) is 0 Å². The van der Waals surface area contributed by atoms with Crippen LogP contribution in [0.3, 0.4) is 0 Å². The third-order valence-corrected chi connectivity index (χ3v) is 5.13. The number of benzene rings is 1. The van der Waals surface area contributed by atoms with E-state index in [2.05, 4.69) is 56.2 Å². The van der Waals surface area contributed by atoms with E-state index in [9.17, 15) is 0 Å². The first-order chi connectivity index (χ1) is 16.4. The third kappa shape index (κ3) is 15.5. The van der Waals surface area contributed by atoms with Gasteiger partial charge in [-0.05, 0) is 37.5 Å². The molecule has 0 aliphatic carbocycles. The fraction of sp³-hybridized carbons (Fsp3) is 0.643. The van der Waals surface area contributed by atoms with Crippen LogP contribution in [0.1, 0.15) is 80.2 Å². The fourth-order valence-corrected chi connectivity index (χ4v) is 3.26. The number of halogens is 2. The summed E-state index contributed by atoms with van der Waals surface area (Å²) in [5, 5.41) is 7.50. The van der Waals surface area contributed by atoms with Gasteiger partial charge in [-0.2, -0.15) is 0 Å². The lowest BCUT2D eigenvalue weighted by Crippen LogP contribution is -2.37. The van der Waals surface area contributed by atoms with Crippen LogP contribution in [0.4, 0.5) is 5.69 Å². The minimum Gasteiger partial charge on any atom is -0.495 e. The Morgan fingerprint density at radius 3 is 2.06 bits per heavy atom. The van der Waals surface area contributed by atoms with Crippen molar-refractivity contribution in [3.05, 3.63) is 46.1 Å². The van der Waals surface area contributed by atoms with Crippen molar-refractivity contribution >= 4 is 28.9 Å². The number of methoxy groups -OCH3 is 1. The molecule has 1 aromatic carbocycles. The van der Waals surface area contributed by atoms with E-state index in [0.29, 0.717) is 17.6 Å². The molecule has 200 valence electrons. The Morgan fingerprint density at radius 1 is 1.06 bits per heavy atom. The Labute approximate surface area is 222 Å². The van der Waals surface area contributed by atoms with Gasteiger partial charge in [0.25, 0.3) is 0 Å². The second kappa shape index (κ2) is 26.2. The number of unbranched alkanes of at least 4 members (excludes halogenated alkanes) is 1. The van der Waals surface area contributed by atoms with Gasteiger partial charge < -0.3 is 15.0 Å². The number of nitrogens with zero attached hydrogens (tertiary/aromatic N) is 1. The standard InChI is InChI=1S/C20H31Cl2N3O.C4H10.2C2H6/c1-6-16(9-8-10-21)18(23-4)13-24-14-25(7-2)20-15(3)11-17(22)12-19(20)26-5;1-3-4-2;2*1-2/h8-9,11-12,23-24H,6-7,10,13-14H2,1-5H3;3-4H2,1-2H3;2*1-2H3/b9-8-,18-16+;;;. The van der Waals surface area contributed by atoms with Gasteiger partial charge in [-0.3, -0.25) is 5.32 Å². The summed E-state index contributed by atoms with van der Waals surface area (Å²) in [6.07, 6.45) is 7.65. The normalized spacial score (nSPS) is 10.6. The van der Waals surface area contributed by atoms with Gasteiger partial charge in [0.2, 0.25) is 0 Å². The summed E-state index contributed by atoms with van der Waals surface area (Å²) >= 11 is 11.9. The van der Waals surface area contributed by atoms with Crippen LogP contribution in [0.5, 0.6) is 5.75 Å². The molecule has 0 amide bonds. The Balaban J connectivity index is -0.00000106. The zero-order valence-electron chi connectivity index (χ0n) is 23.9. The topological polar surface area (TPSA) is 36.5 Å². The summed E-state index contributed by atoms with van der Waals surface area (Å²) in [6, 6.07) is 3.82. The van der Waals surface area contributed by atoms with Crippen molar-refractivity contribution in [2.45, 2.75) is 81.6 Å². The van der Waals surface area contributed by atoms with Gasteiger partial charge >= 0.3 is 0 Å². The summed E-state index contributed by atoms with van der Waals surface area (Å²) in [5.74, 6) is 1.31. The SMILES string of the molecule is CC.CC.CCC(/C=C\CCl)=C(/CNCN(CC)c1c(C)cc(Cl)cc1OC)NC.CCCC. The number of ether oxygens (including phenoxy) is 1. The number of alkyl halides is 1. The van der Waals surface area contributed by atoms with Crippen LogP contribution in [0.2, 0.25) is 5.02 Å². The number of hydrogen-bond acceptors (Lipinski definition) is 4. The molecule has 0 aliphatic heterocycles. The van der Waals surface area contributed by atoms with Crippen LogP contribution >= 0.6 is 23.2 Å². The monoisotopic (exact) mass is 517 g/mol. The predicted molar refractivity (Wildman–Crippen MR) is 158 cm³/mol. The van der Waals surface area contributed by atoms with Crippen LogP contribution < -0.4 is 20.3 Å². The maximum absolute atomic E-state index is 6.16. The lowest BCUT2D eigenvalue weighted by molar-refractivity contribution is 0.413.